The largest absolute Gasteiger partial charge is 0.491 e. The maximum atomic E-state index is 11.2. The molecule has 1 aromatic rings. The third-order valence-corrected chi connectivity index (χ3v) is 1.93. The van der Waals surface area contributed by atoms with Gasteiger partial charge in [0.25, 0.3) is 5.56 Å². The van der Waals surface area contributed by atoms with E-state index >= 15 is 0 Å². The van der Waals surface area contributed by atoms with Gasteiger partial charge in [-0.15, -0.1) is 0 Å². The van der Waals surface area contributed by atoms with Gasteiger partial charge in [-0.3, -0.25) is 4.79 Å². The van der Waals surface area contributed by atoms with Gasteiger partial charge in [0.2, 0.25) is 0 Å². The van der Waals surface area contributed by atoms with E-state index in [-0.39, 0.29) is 5.56 Å². The highest BCUT2D eigenvalue weighted by molar-refractivity contribution is 14.1. The highest BCUT2D eigenvalue weighted by Gasteiger charge is 2.01. The van der Waals surface area contributed by atoms with Crippen LogP contribution in [-0.4, -0.2) is 11.7 Å². The zero-order valence-electron chi connectivity index (χ0n) is 6.30. The molecular weight excluding hydrogens is 257 g/mol. The average Bonchev–Trinajstić information content (AvgIpc) is 1.96. The zero-order valence-corrected chi connectivity index (χ0v) is 8.45. The van der Waals surface area contributed by atoms with Gasteiger partial charge in [-0.05, 0) is 22.6 Å². The van der Waals surface area contributed by atoms with Gasteiger partial charge in [0.05, 0.1) is 7.11 Å². The van der Waals surface area contributed by atoms with E-state index in [1.165, 1.54) is 11.7 Å². The second kappa shape index (κ2) is 3.25. The quantitative estimate of drug-likeness (QED) is 0.709. The lowest BCUT2D eigenvalue weighted by atomic mass is 10.4. The number of pyridine rings is 1. The zero-order chi connectivity index (χ0) is 8.43. The number of halogens is 1. The summed E-state index contributed by atoms with van der Waals surface area (Å²) < 4.78 is 7.36. The number of methoxy groups -OCH3 is 1. The normalized spacial score (nSPS) is 9.73. The van der Waals surface area contributed by atoms with Crippen LogP contribution in [0.1, 0.15) is 0 Å². The fourth-order valence-electron chi connectivity index (χ4n) is 0.788. The Morgan fingerprint density at radius 3 is 2.82 bits per heavy atom. The molecule has 4 heteroatoms. The number of hydrogen-bond acceptors (Lipinski definition) is 2. The molecule has 0 fully saturated rings. The Labute approximate surface area is 78.1 Å². The van der Waals surface area contributed by atoms with Gasteiger partial charge in [0.15, 0.2) is 5.75 Å². The molecule has 0 saturated heterocycles. The highest BCUT2D eigenvalue weighted by Crippen LogP contribution is 2.08. The number of aryl methyl sites for hydroxylation is 1. The molecule has 0 radical (unpaired) electrons. The smallest absolute Gasteiger partial charge is 0.292 e. The molecule has 0 aromatic carbocycles. The molecule has 60 valence electrons. The first-order valence-corrected chi connectivity index (χ1v) is 4.13. The molecule has 0 saturated carbocycles. The van der Waals surface area contributed by atoms with Gasteiger partial charge in [-0.25, -0.2) is 0 Å². The summed E-state index contributed by atoms with van der Waals surface area (Å²) >= 11 is 2.13. The standard InChI is InChI=1S/C7H8INO2/c1-9-4-5(8)3-6(11-2)7(9)10/h3-4H,1-2H3. The van der Waals surface area contributed by atoms with Crippen molar-refractivity contribution >= 4 is 22.6 Å². The molecule has 0 atom stereocenters. The summed E-state index contributed by atoms with van der Waals surface area (Å²) in [4.78, 5) is 11.2. The van der Waals surface area contributed by atoms with Gasteiger partial charge in [0, 0.05) is 22.9 Å². The molecule has 0 bridgehead atoms. The van der Waals surface area contributed by atoms with Gasteiger partial charge in [-0.2, -0.15) is 0 Å². The van der Waals surface area contributed by atoms with E-state index in [2.05, 4.69) is 22.6 Å². The molecule has 1 heterocycles. The van der Waals surface area contributed by atoms with Crippen LogP contribution in [0.2, 0.25) is 0 Å². The summed E-state index contributed by atoms with van der Waals surface area (Å²) in [6.45, 7) is 0. The van der Waals surface area contributed by atoms with Crippen molar-refractivity contribution in [1.82, 2.24) is 4.57 Å². The minimum atomic E-state index is -0.104. The molecule has 0 amide bonds. The number of ether oxygens (including phenoxy) is 1. The number of rotatable bonds is 1. The third kappa shape index (κ3) is 1.74. The molecule has 0 aliphatic rings. The van der Waals surface area contributed by atoms with Crippen LogP contribution in [-0.2, 0) is 7.05 Å². The van der Waals surface area contributed by atoms with Gasteiger partial charge < -0.3 is 9.30 Å². The molecule has 1 aromatic heterocycles. The number of nitrogens with zero attached hydrogens (tertiary/aromatic N) is 1. The molecule has 0 spiro atoms. The maximum Gasteiger partial charge on any atom is 0.292 e. The van der Waals surface area contributed by atoms with Crippen LogP contribution in [0.25, 0.3) is 0 Å². The predicted molar refractivity (Wildman–Crippen MR) is 51.0 cm³/mol. The van der Waals surface area contributed by atoms with E-state index in [0.29, 0.717) is 5.75 Å². The Kier molecular flexibility index (Phi) is 2.53. The maximum absolute atomic E-state index is 11.2. The lowest BCUT2D eigenvalue weighted by Crippen LogP contribution is -2.17. The van der Waals surface area contributed by atoms with Crippen LogP contribution in [0.5, 0.6) is 5.75 Å². The topological polar surface area (TPSA) is 31.2 Å². The van der Waals surface area contributed by atoms with Crippen molar-refractivity contribution in [2.45, 2.75) is 0 Å². The van der Waals surface area contributed by atoms with Crippen molar-refractivity contribution in [1.29, 1.82) is 0 Å². The second-order valence-electron chi connectivity index (χ2n) is 2.14. The lowest BCUT2D eigenvalue weighted by molar-refractivity contribution is 0.404. The molecule has 11 heavy (non-hydrogen) atoms. The highest BCUT2D eigenvalue weighted by atomic mass is 127. The minimum absolute atomic E-state index is 0.104. The van der Waals surface area contributed by atoms with Crippen LogP contribution in [0.3, 0.4) is 0 Å². The van der Waals surface area contributed by atoms with E-state index in [4.69, 9.17) is 4.74 Å². The van der Waals surface area contributed by atoms with E-state index in [1.54, 1.807) is 19.3 Å². The molecule has 0 N–H and O–H groups in total. The van der Waals surface area contributed by atoms with Crippen LogP contribution in [0.15, 0.2) is 17.1 Å². The van der Waals surface area contributed by atoms with Crippen LogP contribution < -0.4 is 10.3 Å². The monoisotopic (exact) mass is 265 g/mol. The fourth-order valence-corrected chi connectivity index (χ4v) is 1.49. The first kappa shape index (κ1) is 8.58. The van der Waals surface area contributed by atoms with Crippen molar-refractivity contribution in [2.24, 2.45) is 7.05 Å². The number of aromatic nitrogens is 1. The van der Waals surface area contributed by atoms with Crippen molar-refractivity contribution in [3.05, 3.63) is 26.2 Å². The molecule has 0 unspecified atom stereocenters. The summed E-state index contributed by atoms with van der Waals surface area (Å²) in [5.74, 6) is 0.388. The molecule has 0 aliphatic carbocycles. The summed E-state index contributed by atoms with van der Waals surface area (Å²) in [6.07, 6.45) is 1.76. The first-order valence-electron chi connectivity index (χ1n) is 3.05. The Balaban J connectivity index is 3.37. The Morgan fingerprint density at radius 2 is 2.27 bits per heavy atom. The fraction of sp³-hybridized carbons (Fsp3) is 0.286. The van der Waals surface area contributed by atoms with Crippen molar-refractivity contribution < 1.29 is 4.74 Å². The van der Waals surface area contributed by atoms with E-state index in [9.17, 15) is 4.79 Å². The molecule has 3 nitrogen and oxygen atoms in total. The van der Waals surface area contributed by atoms with Crippen LogP contribution >= 0.6 is 22.6 Å². The average molecular weight is 265 g/mol. The summed E-state index contributed by atoms with van der Waals surface area (Å²) in [5, 5.41) is 0. The van der Waals surface area contributed by atoms with E-state index < -0.39 is 0 Å². The van der Waals surface area contributed by atoms with Gasteiger partial charge >= 0.3 is 0 Å². The molecule has 0 aliphatic heterocycles. The van der Waals surface area contributed by atoms with Crippen LogP contribution in [0.4, 0.5) is 0 Å². The van der Waals surface area contributed by atoms with Gasteiger partial charge in [-0.1, -0.05) is 0 Å². The van der Waals surface area contributed by atoms with E-state index in [0.717, 1.165) is 3.57 Å². The van der Waals surface area contributed by atoms with E-state index in [1.807, 2.05) is 0 Å². The Bertz CT molecular complexity index is 319. The molecule has 1 rings (SSSR count). The third-order valence-electron chi connectivity index (χ3n) is 1.34. The summed E-state index contributed by atoms with van der Waals surface area (Å²) in [7, 11) is 3.19. The predicted octanol–water partition coefficient (Wildman–Crippen LogP) is 0.998. The number of hydrogen-bond donors (Lipinski definition) is 0. The Morgan fingerprint density at radius 1 is 1.64 bits per heavy atom. The minimum Gasteiger partial charge on any atom is -0.491 e. The molecular formula is C7H8INO2. The van der Waals surface area contributed by atoms with Crippen LogP contribution in [0, 0.1) is 3.57 Å². The summed E-state index contributed by atoms with van der Waals surface area (Å²) in [6, 6.07) is 1.71. The van der Waals surface area contributed by atoms with Crippen molar-refractivity contribution in [3.8, 4) is 5.75 Å². The Hall–Kier alpha value is -0.520. The SMILES string of the molecule is COc1cc(I)cn(C)c1=O. The second-order valence-corrected chi connectivity index (χ2v) is 3.39. The van der Waals surface area contributed by atoms with Gasteiger partial charge in [0.1, 0.15) is 0 Å². The van der Waals surface area contributed by atoms with Crippen molar-refractivity contribution in [3.63, 3.8) is 0 Å². The first-order chi connectivity index (χ1) is 5.15. The lowest BCUT2D eigenvalue weighted by Gasteiger charge is -2.02. The summed E-state index contributed by atoms with van der Waals surface area (Å²) in [5.41, 5.74) is -0.104. The van der Waals surface area contributed by atoms with Crippen molar-refractivity contribution in [2.75, 3.05) is 7.11 Å².